The molecular formula is C18H25N5O2. The number of carbonyl (C=O) groups is 1. The highest BCUT2D eigenvalue weighted by Gasteiger charge is 2.26. The van der Waals surface area contributed by atoms with Gasteiger partial charge in [0, 0.05) is 45.0 Å². The molecule has 7 nitrogen and oxygen atoms in total. The molecule has 0 saturated carbocycles. The number of aryl methyl sites for hydroxylation is 1. The molecule has 2 fully saturated rings. The van der Waals surface area contributed by atoms with Gasteiger partial charge in [0.15, 0.2) is 5.82 Å². The second kappa shape index (κ2) is 7.00. The molecule has 0 bridgehead atoms. The van der Waals surface area contributed by atoms with E-state index < -0.39 is 0 Å². The predicted octanol–water partition coefficient (Wildman–Crippen LogP) is 1.50. The third-order valence-corrected chi connectivity index (χ3v) is 5.23. The maximum Gasteiger partial charge on any atom is 0.223 e. The Morgan fingerprint density at radius 3 is 2.76 bits per heavy atom. The van der Waals surface area contributed by atoms with E-state index in [1.54, 1.807) is 0 Å². The average molecular weight is 343 g/mol. The maximum atomic E-state index is 12.4. The minimum atomic E-state index is 0.286. The molecule has 1 amide bonds. The number of aromatic nitrogens is 3. The molecule has 2 aromatic rings. The SMILES string of the molecule is Cc1cc2c(N3CCC(CC(=O)N4CCOCC4)CC3)nccn2n1. The first-order chi connectivity index (χ1) is 12.2. The van der Waals surface area contributed by atoms with Gasteiger partial charge in [0.2, 0.25) is 5.91 Å². The van der Waals surface area contributed by atoms with Gasteiger partial charge in [0.05, 0.1) is 18.9 Å². The van der Waals surface area contributed by atoms with E-state index in [0.717, 1.165) is 56.0 Å². The second-order valence-electron chi connectivity index (χ2n) is 6.99. The molecule has 0 unspecified atom stereocenters. The van der Waals surface area contributed by atoms with E-state index in [1.165, 1.54) is 0 Å². The fourth-order valence-electron chi connectivity index (χ4n) is 3.81. The zero-order valence-corrected chi connectivity index (χ0v) is 14.7. The molecule has 4 rings (SSSR count). The quantitative estimate of drug-likeness (QED) is 0.845. The number of hydrogen-bond acceptors (Lipinski definition) is 5. The topological polar surface area (TPSA) is 63.0 Å². The number of fused-ring (bicyclic) bond motifs is 1. The number of nitrogens with zero attached hydrogens (tertiary/aromatic N) is 5. The molecule has 4 heterocycles. The summed E-state index contributed by atoms with van der Waals surface area (Å²) in [5.41, 5.74) is 2.06. The average Bonchev–Trinajstić information content (AvgIpc) is 3.03. The smallest absolute Gasteiger partial charge is 0.223 e. The number of rotatable bonds is 3. The van der Waals surface area contributed by atoms with Crippen LogP contribution in [0, 0.1) is 12.8 Å². The monoisotopic (exact) mass is 343 g/mol. The molecule has 0 aliphatic carbocycles. The van der Waals surface area contributed by atoms with Gasteiger partial charge >= 0.3 is 0 Å². The molecule has 0 radical (unpaired) electrons. The van der Waals surface area contributed by atoms with Crippen molar-refractivity contribution in [2.24, 2.45) is 5.92 Å². The number of morpholine rings is 1. The van der Waals surface area contributed by atoms with Crippen LogP contribution in [0.25, 0.3) is 5.52 Å². The fraction of sp³-hybridized carbons (Fsp3) is 0.611. The van der Waals surface area contributed by atoms with E-state index >= 15 is 0 Å². The van der Waals surface area contributed by atoms with Crippen molar-refractivity contribution in [3.8, 4) is 0 Å². The van der Waals surface area contributed by atoms with Crippen molar-refractivity contribution in [3.05, 3.63) is 24.2 Å². The van der Waals surface area contributed by atoms with Crippen molar-refractivity contribution in [2.45, 2.75) is 26.2 Å². The van der Waals surface area contributed by atoms with Gasteiger partial charge in [-0.2, -0.15) is 5.10 Å². The zero-order chi connectivity index (χ0) is 17.2. The van der Waals surface area contributed by atoms with Gasteiger partial charge in [-0.25, -0.2) is 9.50 Å². The summed E-state index contributed by atoms with van der Waals surface area (Å²) in [5, 5.41) is 4.46. The van der Waals surface area contributed by atoms with E-state index in [9.17, 15) is 4.79 Å². The maximum absolute atomic E-state index is 12.4. The lowest BCUT2D eigenvalue weighted by Gasteiger charge is -2.34. The predicted molar refractivity (Wildman–Crippen MR) is 94.7 cm³/mol. The fourth-order valence-corrected chi connectivity index (χ4v) is 3.81. The summed E-state index contributed by atoms with van der Waals surface area (Å²) in [4.78, 5) is 21.3. The van der Waals surface area contributed by atoms with Crippen LogP contribution in [0.3, 0.4) is 0 Å². The number of carbonyl (C=O) groups excluding carboxylic acids is 1. The van der Waals surface area contributed by atoms with Gasteiger partial charge in [0.1, 0.15) is 5.52 Å². The minimum Gasteiger partial charge on any atom is -0.378 e. The van der Waals surface area contributed by atoms with E-state index in [2.05, 4.69) is 21.0 Å². The lowest BCUT2D eigenvalue weighted by Crippen LogP contribution is -2.42. The largest absolute Gasteiger partial charge is 0.378 e. The van der Waals surface area contributed by atoms with Gasteiger partial charge in [0.25, 0.3) is 0 Å². The van der Waals surface area contributed by atoms with E-state index in [4.69, 9.17) is 4.74 Å². The summed E-state index contributed by atoms with van der Waals surface area (Å²) in [6.45, 7) is 6.71. The Balaban J connectivity index is 1.37. The molecule has 0 atom stereocenters. The first-order valence-electron chi connectivity index (χ1n) is 9.12. The van der Waals surface area contributed by atoms with Crippen LogP contribution in [0.15, 0.2) is 18.5 Å². The highest BCUT2D eigenvalue weighted by Crippen LogP contribution is 2.27. The highest BCUT2D eigenvalue weighted by molar-refractivity contribution is 5.76. The minimum absolute atomic E-state index is 0.286. The van der Waals surface area contributed by atoms with Gasteiger partial charge < -0.3 is 14.5 Å². The molecule has 2 saturated heterocycles. The molecule has 7 heteroatoms. The Bertz CT molecular complexity index is 745. The van der Waals surface area contributed by atoms with Crippen molar-refractivity contribution in [1.82, 2.24) is 19.5 Å². The van der Waals surface area contributed by atoms with Crippen molar-refractivity contribution >= 4 is 17.2 Å². The van der Waals surface area contributed by atoms with Crippen LogP contribution < -0.4 is 4.90 Å². The van der Waals surface area contributed by atoms with E-state index in [1.807, 2.05) is 28.7 Å². The summed E-state index contributed by atoms with van der Waals surface area (Å²) in [5.74, 6) is 1.76. The van der Waals surface area contributed by atoms with Crippen LogP contribution >= 0.6 is 0 Å². The Morgan fingerprint density at radius 2 is 2.00 bits per heavy atom. The Kier molecular flexibility index (Phi) is 4.57. The van der Waals surface area contributed by atoms with Crippen LogP contribution in [-0.2, 0) is 9.53 Å². The van der Waals surface area contributed by atoms with Crippen molar-refractivity contribution < 1.29 is 9.53 Å². The lowest BCUT2D eigenvalue weighted by atomic mass is 9.93. The molecule has 25 heavy (non-hydrogen) atoms. The number of hydrogen-bond donors (Lipinski definition) is 0. The zero-order valence-electron chi connectivity index (χ0n) is 14.7. The van der Waals surface area contributed by atoms with Crippen molar-refractivity contribution in [3.63, 3.8) is 0 Å². The second-order valence-corrected chi connectivity index (χ2v) is 6.99. The van der Waals surface area contributed by atoms with Crippen LogP contribution in [-0.4, -0.2) is 64.8 Å². The number of anilines is 1. The van der Waals surface area contributed by atoms with Crippen LogP contribution in [0.1, 0.15) is 25.0 Å². The highest BCUT2D eigenvalue weighted by atomic mass is 16.5. The summed E-state index contributed by atoms with van der Waals surface area (Å²) in [6, 6.07) is 2.08. The van der Waals surface area contributed by atoms with Gasteiger partial charge in [-0.1, -0.05) is 0 Å². The summed E-state index contributed by atoms with van der Waals surface area (Å²) < 4.78 is 7.22. The molecule has 0 aromatic carbocycles. The summed E-state index contributed by atoms with van der Waals surface area (Å²) in [6.07, 6.45) is 6.43. The van der Waals surface area contributed by atoms with Crippen LogP contribution in [0.2, 0.25) is 0 Å². The lowest BCUT2D eigenvalue weighted by molar-refractivity contribution is -0.136. The van der Waals surface area contributed by atoms with Crippen molar-refractivity contribution in [2.75, 3.05) is 44.3 Å². The Hall–Kier alpha value is -2.15. The van der Waals surface area contributed by atoms with E-state index in [-0.39, 0.29) is 5.91 Å². The normalized spacial score (nSPS) is 19.6. The number of ether oxygens (including phenoxy) is 1. The first-order valence-corrected chi connectivity index (χ1v) is 9.12. The van der Waals surface area contributed by atoms with Gasteiger partial charge in [-0.15, -0.1) is 0 Å². The van der Waals surface area contributed by atoms with Crippen LogP contribution in [0.5, 0.6) is 0 Å². The molecule has 134 valence electrons. The molecule has 2 aliphatic rings. The van der Waals surface area contributed by atoms with E-state index in [0.29, 0.717) is 25.6 Å². The summed E-state index contributed by atoms with van der Waals surface area (Å²) in [7, 11) is 0. The molecular weight excluding hydrogens is 318 g/mol. The first kappa shape index (κ1) is 16.3. The number of amides is 1. The Labute approximate surface area is 147 Å². The standard InChI is InChI=1S/C18H25N5O2/c1-14-12-16-18(19-4-7-23(16)20-14)22-5-2-15(3-6-22)13-17(24)21-8-10-25-11-9-21/h4,7,12,15H,2-3,5-6,8-11,13H2,1H3. The third kappa shape index (κ3) is 3.46. The van der Waals surface area contributed by atoms with Crippen LogP contribution in [0.4, 0.5) is 5.82 Å². The summed E-state index contributed by atoms with van der Waals surface area (Å²) >= 11 is 0. The third-order valence-electron chi connectivity index (χ3n) is 5.23. The molecule has 2 aliphatic heterocycles. The Morgan fingerprint density at radius 1 is 1.24 bits per heavy atom. The molecule has 0 spiro atoms. The molecule has 2 aromatic heterocycles. The van der Waals surface area contributed by atoms with Gasteiger partial charge in [-0.3, -0.25) is 4.79 Å². The van der Waals surface area contributed by atoms with Crippen molar-refractivity contribution in [1.29, 1.82) is 0 Å². The number of piperidine rings is 1. The molecule has 0 N–H and O–H groups in total. The van der Waals surface area contributed by atoms with Gasteiger partial charge in [-0.05, 0) is 31.7 Å².